The van der Waals surface area contributed by atoms with E-state index in [0.29, 0.717) is 6.54 Å². The highest BCUT2D eigenvalue weighted by Crippen LogP contribution is 2.11. The molecule has 0 amide bonds. The van der Waals surface area contributed by atoms with Crippen LogP contribution in [-0.2, 0) is 13.1 Å². The van der Waals surface area contributed by atoms with Crippen molar-refractivity contribution in [1.29, 1.82) is 0 Å². The van der Waals surface area contributed by atoms with Crippen molar-refractivity contribution in [2.24, 2.45) is 5.73 Å². The highest BCUT2D eigenvalue weighted by Gasteiger charge is 2.11. The van der Waals surface area contributed by atoms with Gasteiger partial charge in [0.1, 0.15) is 5.82 Å². The van der Waals surface area contributed by atoms with Gasteiger partial charge in [0.15, 0.2) is 0 Å². The van der Waals surface area contributed by atoms with E-state index in [1.54, 1.807) is 6.20 Å². The Bertz CT molecular complexity index is 307. The van der Waals surface area contributed by atoms with Crippen LogP contribution in [0.3, 0.4) is 0 Å². The molecule has 1 fully saturated rings. The van der Waals surface area contributed by atoms with Crippen LogP contribution < -0.4 is 5.73 Å². The number of hydrogen-bond acceptors (Lipinski definition) is 4. The molecule has 2 N–H and O–H groups in total. The largest absolute Gasteiger partial charge is 0.324 e. The standard InChI is InChI=1S/C11H18N4/c12-8-11-13-5-4-10(14-11)9-15-6-2-1-3-7-15/h4-5H,1-3,6-9,12H2. The summed E-state index contributed by atoms with van der Waals surface area (Å²) in [5.74, 6) is 0.740. The Balaban J connectivity index is 1.96. The number of likely N-dealkylation sites (tertiary alicyclic amines) is 1. The minimum absolute atomic E-state index is 0.424. The van der Waals surface area contributed by atoms with Crippen LogP contribution in [0.4, 0.5) is 0 Å². The van der Waals surface area contributed by atoms with Crippen molar-refractivity contribution in [2.45, 2.75) is 32.4 Å². The molecular formula is C11H18N4. The van der Waals surface area contributed by atoms with Gasteiger partial charge in [0, 0.05) is 12.7 Å². The minimum Gasteiger partial charge on any atom is -0.324 e. The first kappa shape index (κ1) is 10.5. The van der Waals surface area contributed by atoms with Gasteiger partial charge >= 0.3 is 0 Å². The first-order valence-corrected chi connectivity index (χ1v) is 5.62. The van der Waals surface area contributed by atoms with E-state index in [1.165, 1.54) is 32.4 Å². The van der Waals surface area contributed by atoms with Crippen molar-refractivity contribution < 1.29 is 0 Å². The first-order chi connectivity index (χ1) is 7.38. The summed E-state index contributed by atoms with van der Waals surface area (Å²) in [5, 5.41) is 0. The maximum absolute atomic E-state index is 5.51. The van der Waals surface area contributed by atoms with Crippen LogP contribution in [0, 0.1) is 0 Å². The average Bonchev–Trinajstić information content (AvgIpc) is 2.31. The smallest absolute Gasteiger partial charge is 0.142 e. The van der Waals surface area contributed by atoms with Crippen LogP contribution in [0.5, 0.6) is 0 Å². The third-order valence-electron chi connectivity index (χ3n) is 2.78. The lowest BCUT2D eigenvalue weighted by molar-refractivity contribution is 0.218. The van der Waals surface area contributed by atoms with Gasteiger partial charge in [-0.05, 0) is 32.0 Å². The van der Waals surface area contributed by atoms with Gasteiger partial charge in [-0.25, -0.2) is 9.97 Å². The quantitative estimate of drug-likeness (QED) is 0.799. The molecule has 15 heavy (non-hydrogen) atoms. The van der Waals surface area contributed by atoms with E-state index in [2.05, 4.69) is 14.9 Å². The topological polar surface area (TPSA) is 55.0 Å². The van der Waals surface area contributed by atoms with Gasteiger partial charge in [-0.2, -0.15) is 0 Å². The van der Waals surface area contributed by atoms with Crippen LogP contribution in [0.15, 0.2) is 12.3 Å². The van der Waals surface area contributed by atoms with Gasteiger partial charge < -0.3 is 5.73 Å². The zero-order valence-corrected chi connectivity index (χ0v) is 9.02. The Labute approximate surface area is 90.5 Å². The van der Waals surface area contributed by atoms with Crippen LogP contribution >= 0.6 is 0 Å². The zero-order valence-electron chi connectivity index (χ0n) is 9.02. The van der Waals surface area contributed by atoms with Gasteiger partial charge in [-0.3, -0.25) is 4.90 Å². The summed E-state index contributed by atoms with van der Waals surface area (Å²) in [4.78, 5) is 11.0. The molecule has 0 aliphatic carbocycles. The van der Waals surface area contributed by atoms with E-state index in [4.69, 9.17) is 5.73 Å². The maximum Gasteiger partial charge on any atom is 0.142 e. The summed E-state index contributed by atoms with van der Waals surface area (Å²) in [6.45, 7) is 3.76. The Morgan fingerprint density at radius 2 is 2.07 bits per heavy atom. The predicted molar refractivity (Wildman–Crippen MR) is 59.1 cm³/mol. The highest BCUT2D eigenvalue weighted by molar-refractivity contribution is 5.02. The Morgan fingerprint density at radius 3 is 2.80 bits per heavy atom. The van der Waals surface area contributed by atoms with Crippen LogP contribution in [0.1, 0.15) is 30.8 Å². The third-order valence-corrected chi connectivity index (χ3v) is 2.78. The van der Waals surface area contributed by atoms with E-state index in [0.717, 1.165) is 18.1 Å². The van der Waals surface area contributed by atoms with E-state index in [9.17, 15) is 0 Å². The number of piperidine rings is 1. The van der Waals surface area contributed by atoms with Gasteiger partial charge in [0.2, 0.25) is 0 Å². The van der Waals surface area contributed by atoms with Crippen LogP contribution in [0.2, 0.25) is 0 Å². The van der Waals surface area contributed by atoms with E-state index >= 15 is 0 Å². The van der Waals surface area contributed by atoms with E-state index in [1.807, 2.05) is 6.07 Å². The average molecular weight is 206 g/mol. The molecule has 0 radical (unpaired) electrons. The molecule has 1 saturated heterocycles. The Morgan fingerprint density at radius 1 is 1.27 bits per heavy atom. The number of nitrogens with zero attached hydrogens (tertiary/aromatic N) is 3. The lowest BCUT2D eigenvalue weighted by Crippen LogP contribution is -2.29. The second kappa shape index (κ2) is 5.19. The second-order valence-electron chi connectivity index (χ2n) is 4.01. The molecule has 2 rings (SSSR count). The molecule has 1 aliphatic rings. The van der Waals surface area contributed by atoms with Crippen LogP contribution in [-0.4, -0.2) is 28.0 Å². The van der Waals surface area contributed by atoms with Crippen molar-refractivity contribution in [2.75, 3.05) is 13.1 Å². The van der Waals surface area contributed by atoms with Crippen molar-refractivity contribution >= 4 is 0 Å². The second-order valence-corrected chi connectivity index (χ2v) is 4.01. The lowest BCUT2D eigenvalue weighted by atomic mass is 10.1. The predicted octanol–water partition coefficient (Wildman–Crippen LogP) is 0.921. The summed E-state index contributed by atoms with van der Waals surface area (Å²) < 4.78 is 0. The lowest BCUT2D eigenvalue weighted by Gasteiger charge is -2.25. The molecular weight excluding hydrogens is 188 g/mol. The molecule has 4 heteroatoms. The Kier molecular flexibility index (Phi) is 3.64. The molecule has 0 atom stereocenters. The van der Waals surface area contributed by atoms with Gasteiger partial charge in [-0.15, -0.1) is 0 Å². The molecule has 0 bridgehead atoms. The highest BCUT2D eigenvalue weighted by atomic mass is 15.1. The van der Waals surface area contributed by atoms with Crippen molar-refractivity contribution in [1.82, 2.24) is 14.9 Å². The van der Waals surface area contributed by atoms with Crippen molar-refractivity contribution in [3.8, 4) is 0 Å². The monoisotopic (exact) mass is 206 g/mol. The maximum atomic E-state index is 5.51. The number of rotatable bonds is 3. The Hall–Kier alpha value is -1.00. The fourth-order valence-electron chi connectivity index (χ4n) is 1.97. The number of hydrogen-bond donors (Lipinski definition) is 1. The van der Waals surface area contributed by atoms with Crippen molar-refractivity contribution in [3.05, 3.63) is 23.8 Å². The number of aromatic nitrogens is 2. The molecule has 2 heterocycles. The summed E-state index contributed by atoms with van der Waals surface area (Å²) in [6, 6.07) is 1.98. The minimum atomic E-state index is 0.424. The zero-order chi connectivity index (χ0) is 10.5. The molecule has 0 aromatic carbocycles. The summed E-state index contributed by atoms with van der Waals surface area (Å²) in [5.41, 5.74) is 6.60. The van der Waals surface area contributed by atoms with Gasteiger partial charge in [-0.1, -0.05) is 6.42 Å². The molecule has 0 spiro atoms. The fourth-order valence-corrected chi connectivity index (χ4v) is 1.97. The molecule has 82 valence electrons. The van der Waals surface area contributed by atoms with Crippen molar-refractivity contribution in [3.63, 3.8) is 0 Å². The molecule has 1 aromatic heterocycles. The summed E-state index contributed by atoms with van der Waals surface area (Å²) in [7, 11) is 0. The molecule has 0 saturated carbocycles. The number of nitrogens with two attached hydrogens (primary N) is 1. The molecule has 1 aromatic rings. The summed E-state index contributed by atoms with van der Waals surface area (Å²) >= 11 is 0. The summed E-state index contributed by atoms with van der Waals surface area (Å²) in [6.07, 6.45) is 5.80. The SMILES string of the molecule is NCc1nccc(CN2CCCCC2)n1. The molecule has 1 aliphatic heterocycles. The molecule has 0 unspecified atom stereocenters. The van der Waals surface area contributed by atoms with E-state index in [-0.39, 0.29) is 0 Å². The van der Waals surface area contributed by atoms with Crippen LogP contribution in [0.25, 0.3) is 0 Å². The normalized spacial score (nSPS) is 17.9. The van der Waals surface area contributed by atoms with Gasteiger partial charge in [0.25, 0.3) is 0 Å². The first-order valence-electron chi connectivity index (χ1n) is 5.62. The third kappa shape index (κ3) is 2.97. The van der Waals surface area contributed by atoms with Gasteiger partial charge in [0.05, 0.1) is 12.2 Å². The molecule has 4 nitrogen and oxygen atoms in total. The fraction of sp³-hybridized carbons (Fsp3) is 0.636. The van der Waals surface area contributed by atoms with E-state index < -0.39 is 0 Å².